The van der Waals surface area contributed by atoms with Crippen molar-refractivity contribution >= 4 is 11.8 Å². The Morgan fingerprint density at radius 2 is 1.95 bits per heavy atom. The highest BCUT2D eigenvalue weighted by molar-refractivity contribution is 5.90. The van der Waals surface area contributed by atoms with Crippen LogP contribution in [-0.4, -0.2) is 47.4 Å². The number of likely N-dealkylation sites (tertiary alicyclic amines) is 1. The third-order valence-electron chi connectivity index (χ3n) is 3.70. The Bertz CT molecular complexity index is 356. The molecular weight excluding hydrogens is 242 g/mol. The number of amides is 2. The van der Waals surface area contributed by atoms with E-state index >= 15 is 0 Å². The molecule has 0 aliphatic carbocycles. The van der Waals surface area contributed by atoms with Crippen molar-refractivity contribution in [1.29, 1.82) is 0 Å². The maximum atomic E-state index is 12.4. The first-order chi connectivity index (χ1) is 8.88. The van der Waals surface area contributed by atoms with Crippen molar-refractivity contribution in [2.45, 2.75) is 64.1 Å². The van der Waals surface area contributed by atoms with Gasteiger partial charge < -0.3 is 15.5 Å². The molecule has 19 heavy (non-hydrogen) atoms. The first-order valence-corrected chi connectivity index (χ1v) is 7.24. The molecule has 2 atom stereocenters. The van der Waals surface area contributed by atoms with Gasteiger partial charge in [-0.15, -0.1) is 0 Å². The number of hydrogen-bond acceptors (Lipinski definition) is 3. The Labute approximate surface area is 115 Å². The fourth-order valence-electron chi connectivity index (χ4n) is 2.85. The minimum absolute atomic E-state index is 0.0173. The van der Waals surface area contributed by atoms with Crippen molar-refractivity contribution in [1.82, 2.24) is 15.5 Å². The molecule has 2 rings (SSSR count). The van der Waals surface area contributed by atoms with Gasteiger partial charge in [0, 0.05) is 12.1 Å². The van der Waals surface area contributed by atoms with Gasteiger partial charge in [-0.1, -0.05) is 0 Å². The zero-order valence-electron chi connectivity index (χ0n) is 12.2. The number of hydrogen-bond donors (Lipinski definition) is 2. The Morgan fingerprint density at radius 1 is 1.21 bits per heavy atom. The maximum Gasteiger partial charge on any atom is 0.243 e. The Balaban J connectivity index is 2.00. The Kier molecular flexibility index (Phi) is 4.13. The lowest BCUT2D eigenvalue weighted by atomic mass is 10.1. The molecule has 0 saturated carbocycles. The Morgan fingerprint density at radius 3 is 2.53 bits per heavy atom. The summed E-state index contributed by atoms with van der Waals surface area (Å²) in [5.41, 5.74) is -0.250. The molecule has 0 aromatic rings. The van der Waals surface area contributed by atoms with Gasteiger partial charge >= 0.3 is 0 Å². The summed E-state index contributed by atoms with van der Waals surface area (Å²) in [6, 6.07) is -0.364. The Hall–Kier alpha value is -1.10. The summed E-state index contributed by atoms with van der Waals surface area (Å²) in [6.07, 6.45) is 3.63. The van der Waals surface area contributed by atoms with E-state index in [2.05, 4.69) is 10.6 Å². The van der Waals surface area contributed by atoms with Gasteiger partial charge in [-0.05, 0) is 53.0 Å². The van der Waals surface area contributed by atoms with Crippen LogP contribution in [0.5, 0.6) is 0 Å². The van der Waals surface area contributed by atoms with Crippen LogP contribution in [0.4, 0.5) is 0 Å². The summed E-state index contributed by atoms with van der Waals surface area (Å²) < 4.78 is 0. The van der Waals surface area contributed by atoms with Gasteiger partial charge in [0.05, 0.1) is 6.04 Å². The van der Waals surface area contributed by atoms with E-state index in [4.69, 9.17) is 0 Å². The highest BCUT2D eigenvalue weighted by Gasteiger charge is 2.38. The van der Waals surface area contributed by atoms with Gasteiger partial charge in [0.1, 0.15) is 6.04 Å². The van der Waals surface area contributed by atoms with Crippen molar-refractivity contribution in [3.05, 3.63) is 0 Å². The summed E-state index contributed by atoms with van der Waals surface area (Å²) in [5.74, 6) is 0.0837. The molecule has 2 N–H and O–H groups in total. The zero-order valence-corrected chi connectivity index (χ0v) is 12.2. The fourth-order valence-corrected chi connectivity index (χ4v) is 2.85. The average Bonchev–Trinajstić information content (AvgIpc) is 2.97. The lowest BCUT2D eigenvalue weighted by Gasteiger charge is -2.29. The predicted octanol–water partition coefficient (Wildman–Crippen LogP) is 0.644. The van der Waals surface area contributed by atoms with Crippen LogP contribution in [0.25, 0.3) is 0 Å². The standard InChI is InChI=1S/C14H25N3O2/c1-14(2,3)16-12(18)11-7-5-9-17(11)13(19)10-6-4-8-15-10/h10-11,15H,4-9H2,1-3H3,(H,16,18)/t10-,11-/m0/s1. The number of rotatable bonds is 2. The minimum atomic E-state index is -0.283. The molecule has 0 bridgehead atoms. The summed E-state index contributed by atoms with van der Waals surface area (Å²) in [5, 5.41) is 6.20. The number of nitrogens with zero attached hydrogens (tertiary/aromatic N) is 1. The second-order valence-electron chi connectivity index (χ2n) is 6.58. The molecule has 0 unspecified atom stereocenters. The van der Waals surface area contributed by atoms with E-state index in [9.17, 15) is 9.59 Å². The fraction of sp³-hybridized carbons (Fsp3) is 0.857. The molecule has 0 aromatic heterocycles. The summed E-state index contributed by atoms with van der Waals surface area (Å²) in [6.45, 7) is 7.50. The van der Waals surface area contributed by atoms with Crippen LogP contribution in [0, 0.1) is 0 Å². The van der Waals surface area contributed by atoms with Gasteiger partial charge in [-0.3, -0.25) is 9.59 Å². The van der Waals surface area contributed by atoms with Gasteiger partial charge in [0.25, 0.3) is 0 Å². The highest BCUT2D eigenvalue weighted by atomic mass is 16.2. The SMILES string of the molecule is CC(C)(C)NC(=O)[C@@H]1CCCN1C(=O)[C@@H]1CCCN1. The largest absolute Gasteiger partial charge is 0.350 e. The summed E-state index contributed by atoms with van der Waals surface area (Å²) >= 11 is 0. The van der Waals surface area contributed by atoms with Crippen LogP contribution < -0.4 is 10.6 Å². The molecule has 2 amide bonds. The van der Waals surface area contributed by atoms with E-state index < -0.39 is 0 Å². The number of carbonyl (C=O) groups excluding carboxylic acids is 2. The van der Waals surface area contributed by atoms with E-state index in [1.54, 1.807) is 4.90 Å². The predicted molar refractivity (Wildman–Crippen MR) is 73.7 cm³/mol. The van der Waals surface area contributed by atoms with Crippen LogP contribution in [-0.2, 0) is 9.59 Å². The van der Waals surface area contributed by atoms with Gasteiger partial charge in [0.15, 0.2) is 0 Å². The molecule has 108 valence electrons. The first-order valence-electron chi connectivity index (χ1n) is 7.24. The third kappa shape index (κ3) is 3.47. The van der Waals surface area contributed by atoms with E-state index in [1.165, 1.54) is 0 Å². The second kappa shape index (κ2) is 5.49. The minimum Gasteiger partial charge on any atom is -0.350 e. The molecule has 5 nitrogen and oxygen atoms in total. The third-order valence-corrected chi connectivity index (χ3v) is 3.70. The first kappa shape index (κ1) is 14.3. The van der Waals surface area contributed by atoms with Gasteiger partial charge in [-0.25, -0.2) is 0 Å². The normalized spacial score (nSPS) is 27.6. The molecule has 2 heterocycles. The molecule has 5 heteroatoms. The van der Waals surface area contributed by atoms with Crippen molar-refractivity contribution in [2.24, 2.45) is 0 Å². The smallest absolute Gasteiger partial charge is 0.243 e. The van der Waals surface area contributed by atoms with Crippen LogP contribution in [0.3, 0.4) is 0 Å². The van der Waals surface area contributed by atoms with E-state index in [0.717, 1.165) is 32.2 Å². The quantitative estimate of drug-likeness (QED) is 0.772. The van der Waals surface area contributed by atoms with Crippen LogP contribution in [0.1, 0.15) is 46.5 Å². The molecule has 2 fully saturated rings. The van der Waals surface area contributed by atoms with Crippen LogP contribution in [0.2, 0.25) is 0 Å². The monoisotopic (exact) mass is 267 g/mol. The maximum absolute atomic E-state index is 12.4. The topological polar surface area (TPSA) is 61.4 Å². The molecular formula is C14H25N3O2. The van der Waals surface area contributed by atoms with E-state index in [1.807, 2.05) is 20.8 Å². The van der Waals surface area contributed by atoms with Crippen LogP contribution in [0.15, 0.2) is 0 Å². The zero-order chi connectivity index (χ0) is 14.0. The highest BCUT2D eigenvalue weighted by Crippen LogP contribution is 2.21. The summed E-state index contributed by atoms with van der Waals surface area (Å²) in [4.78, 5) is 26.4. The summed E-state index contributed by atoms with van der Waals surface area (Å²) in [7, 11) is 0. The van der Waals surface area contributed by atoms with E-state index in [0.29, 0.717) is 6.54 Å². The molecule has 0 aromatic carbocycles. The average molecular weight is 267 g/mol. The van der Waals surface area contributed by atoms with Gasteiger partial charge in [0.2, 0.25) is 11.8 Å². The van der Waals surface area contributed by atoms with Crippen molar-refractivity contribution < 1.29 is 9.59 Å². The lowest BCUT2D eigenvalue weighted by molar-refractivity contribution is -0.140. The van der Waals surface area contributed by atoms with Crippen molar-refractivity contribution in [3.8, 4) is 0 Å². The lowest BCUT2D eigenvalue weighted by Crippen LogP contribution is -2.54. The number of nitrogens with one attached hydrogen (secondary N) is 2. The second-order valence-corrected chi connectivity index (χ2v) is 6.58. The van der Waals surface area contributed by atoms with Crippen molar-refractivity contribution in [3.63, 3.8) is 0 Å². The molecule has 0 spiro atoms. The molecule has 0 radical (unpaired) electrons. The van der Waals surface area contributed by atoms with Gasteiger partial charge in [-0.2, -0.15) is 0 Å². The van der Waals surface area contributed by atoms with Crippen LogP contribution >= 0.6 is 0 Å². The van der Waals surface area contributed by atoms with Crippen molar-refractivity contribution in [2.75, 3.05) is 13.1 Å². The molecule has 2 aliphatic heterocycles. The molecule has 2 saturated heterocycles. The van der Waals surface area contributed by atoms with E-state index in [-0.39, 0.29) is 29.4 Å². The molecule has 2 aliphatic rings. The number of carbonyl (C=O) groups is 2.